The SMILES string of the molecule is OCC(O)CNc1c(Br)cc(Cl)cc1Br. The number of hydrogen-bond donors (Lipinski definition) is 3. The standard InChI is InChI=1S/C9H10Br2ClNO2/c10-7-1-5(12)2-8(11)9(7)13-3-6(15)4-14/h1-2,6,13-15H,3-4H2. The third-order valence-electron chi connectivity index (χ3n) is 1.73. The molecule has 0 spiro atoms. The Morgan fingerprint density at radius 2 is 1.87 bits per heavy atom. The van der Waals surface area contributed by atoms with Gasteiger partial charge in [-0.3, -0.25) is 0 Å². The molecule has 1 rings (SSSR count). The Bertz CT molecular complexity index is 326. The van der Waals surface area contributed by atoms with Crippen LogP contribution in [0.5, 0.6) is 0 Å². The number of aliphatic hydroxyl groups is 2. The van der Waals surface area contributed by atoms with E-state index in [9.17, 15) is 5.11 Å². The topological polar surface area (TPSA) is 52.5 Å². The molecule has 1 atom stereocenters. The number of aliphatic hydroxyl groups excluding tert-OH is 2. The van der Waals surface area contributed by atoms with Gasteiger partial charge in [0.1, 0.15) is 0 Å². The van der Waals surface area contributed by atoms with Crippen molar-refractivity contribution in [2.75, 3.05) is 18.5 Å². The van der Waals surface area contributed by atoms with Crippen LogP contribution in [-0.4, -0.2) is 29.5 Å². The number of halogens is 3. The van der Waals surface area contributed by atoms with Crippen molar-refractivity contribution in [1.29, 1.82) is 0 Å². The highest BCUT2D eigenvalue weighted by molar-refractivity contribution is 9.11. The van der Waals surface area contributed by atoms with Gasteiger partial charge < -0.3 is 15.5 Å². The summed E-state index contributed by atoms with van der Waals surface area (Å²) >= 11 is 12.5. The predicted molar refractivity (Wildman–Crippen MR) is 68.4 cm³/mol. The van der Waals surface area contributed by atoms with Crippen LogP contribution >= 0.6 is 43.5 Å². The van der Waals surface area contributed by atoms with E-state index in [2.05, 4.69) is 37.2 Å². The molecule has 15 heavy (non-hydrogen) atoms. The maximum atomic E-state index is 9.19. The second kappa shape index (κ2) is 6.06. The Morgan fingerprint density at radius 3 is 2.33 bits per heavy atom. The van der Waals surface area contributed by atoms with E-state index in [1.165, 1.54) is 0 Å². The lowest BCUT2D eigenvalue weighted by Crippen LogP contribution is -2.23. The normalized spacial score (nSPS) is 12.6. The summed E-state index contributed by atoms with van der Waals surface area (Å²) < 4.78 is 1.60. The number of rotatable bonds is 4. The van der Waals surface area contributed by atoms with Crippen LogP contribution in [0, 0.1) is 0 Å². The summed E-state index contributed by atoms with van der Waals surface area (Å²) in [6.07, 6.45) is -0.778. The molecule has 0 heterocycles. The minimum absolute atomic E-state index is 0.268. The van der Waals surface area contributed by atoms with Crippen molar-refractivity contribution < 1.29 is 10.2 Å². The number of hydrogen-bond acceptors (Lipinski definition) is 3. The van der Waals surface area contributed by atoms with Crippen molar-refractivity contribution in [3.8, 4) is 0 Å². The van der Waals surface area contributed by atoms with E-state index in [0.717, 1.165) is 14.6 Å². The highest BCUT2D eigenvalue weighted by Crippen LogP contribution is 2.34. The smallest absolute Gasteiger partial charge is 0.0942 e. The van der Waals surface area contributed by atoms with Gasteiger partial charge in [-0.25, -0.2) is 0 Å². The molecule has 1 aromatic carbocycles. The van der Waals surface area contributed by atoms with E-state index < -0.39 is 6.10 Å². The average Bonchev–Trinajstić information content (AvgIpc) is 2.15. The van der Waals surface area contributed by atoms with Crippen molar-refractivity contribution in [3.63, 3.8) is 0 Å². The Hall–Kier alpha value is 0.190. The zero-order valence-electron chi connectivity index (χ0n) is 7.67. The van der Waals surface area contributed by atoms with Crippen LogP contribution in [0.3, 0.4) is 0 Å². The second-order valence-electron chi connectivity index (χ2n) is 2.96. The third kappa shape index (κ3) is 3.92. The van der Waals surface area contributed by atoms with E-state index >= 15 is 0 Å². The van der Waals surface area contributed by atoms with Gasteiger partial charge >= 0.3 is 0 Å². The van der Waals surface area contributed by atoms with E-state index in [1.807, 2.05) is 0 Å². The first-order valence-electron chi connectivity index (χ1n) is 4.22. The minimum Gasteiger partial charge on any atom is -0.394 e. The molecule has 0 saturated heterocycles. The van der Waals surface area contributed by atoms with Crippen molar-refractivity contribution in [2.45, 2.75) is 6.10 Å². The molecule has 0 bridgehead atoms. The molecule has 1 unspecified atom stereocenters. The highest BCUT2D eigenvalue weighted by Gasteiger charge is 2.08. The molecule has 0 aliphatic carbocycles. The molecule has 0 fully saturated rings. The quantitative estimate of drug-likeness (QED) is 0.775. The van der Waals surface area contributed by atoms with Gasteiger partial charge in [-0.15, -0.1) is 0 Å². The lowest BCUT2D eigenvalue weighted by Gasteiger charge is -2.13. The molecule has 3 N–H and O–H groups in total. The molecule has 1 aromatic rings. The Morgan fingerprint density at radius 1 is 1.33 bits per heavy atom. The first-order chi connectivity index (χ1) is 7.04. The zero-order chi connectivity index (χ0) is 11.4. The molecular weight excluding hydrogens is 349 g/mol. The molecule has 0 radical (unpaired) electrons. The number of benzene rings is 1. The summed E-state index contributed by atoms with van der Waals surface area (Å²) in [5, 5.41) is 21.5. The maximum Gasteiger partial charge on any atom is 0.0942 e. The molecule has 6 heteroatoms. The van der Waals surface area contributed by atoms with Crippen LogP contribution in [0.1, 0.15) is 0 Å². The van der Waals surface area contributed by atoms with Gasteiger partial charge in [0.15, 0.2) is 0 Å². The number of nitrogens with one attached hydrogen (secondary N) is 1. The predicted octanol–water partition coefficient (Wildman–Crippen LogP) is 2.63. The van der Waals surface area contributed by atoms with Crippen LogP contribution in [0.15, 0.2) is 21.1 Å². The summed E-state index contributed by atoms with van der Waals surface area (Å²) in [6.45, 7) is 0.00512. The molecule has 3 nitrogen and oxygen atoms in total. The molecule has 0 saturated carbocycles. The first kappa shape index (κ1) is 13.3. The second-order valence-corrected chi connectivity index (χ2v) is 5.11. The summed E-state index contributed by atoms with van der Waals surface area (Å²) in [4.78, 5) is 0. The third-order valence-corrected chi connectivity index (χ3v) is 3.20. The van der Waals surface area contributed by atoms with Gasteiger partial charge in [-0.05, 0) is 44.0 Å². The fraction of sp³-hybridized carbons (Fsp3) is 0.333. The molecule has 0 aliphatic rings. The summed E-state index contributed by atoms with van der Waals surface area (Å²) in [7, 11) is 0. The average molecular weight is 359 g/mol. The number of anilines is 1. The van der Waals surface area contributed by atoms with Crippen LogP contribution in [-0.2, 0) is 0 Å². The van der Waals surface area contributed by atoms with Crippen LogP contribution in [0.25, 0.3) is 0 Å². The summed E-state index contributed by atoms with van der Waals surface area (Å²) in [5.74, 6) is 0. The molecule has 0 aromatic heterocycles. The Balaban J connectivity index is 2.77. The molecule has 0 amide bonds. The fourth-order valence-corrected chi connectivity index (χ4v) is 2.94. The van der Waals surface area contributed by atoms with Gasteiger partial charge in [-0.2, -0.15) is 0 Å². The van der Waals surface area contributed by atoms with Gasteiger partial charge in [0.05, 0.1) is 18.4 Å². The van der Waals surface area contributed by atoms with Gasteiger partial charge in [0.25, 0.3) is 0 Å². The monoisotopic (exact) mass is 357 g/mol. The van der Waals surface area contributed by atoms with E-state index in [1.54, 1.807) is 12.1 Å². The summed E-state index contributed by atoms with van der Waals surface area (Å²) in [5.41, 5.74) is 0.798. The van der Waals surface area contributed by atoms with Crippen molar-refractivity contribution in [1.82, 2.24) is 0 Å². The Labute approximate surface area is 110 Å². The fourth-order valence-electron chi connectivity index (χ4n) is 0.996. The van der Waals surface area contributed by atoms with Gasteiger partial charge in [0, 0.05) is 20.5 Å². The maximum absolute atomic E-state index is 9.19. The lowest BCUT2D eigenvalue weighted by atomic mass is 10.3. The van der Waals surface area contributed by atoms with Gasteiger partial charge in [-0.1, -0.05) is 11.6 Å². The van der Waals surface area contributed by atoms with Crippen LogP contribution < -0.4 is 5.32 Å². The highest BCUT2D eigenvalue weighted by atomic mass is 79.9. The van der Waals surface area contributed by atoms with Crippen molar-refractivity contribution in [3.05, 3.63) is 26.1 Å². The van der Waals surface area contributed by atoms with E-state index in [-0.39, 0.29) is 13.2 Å². The molecular formula is C9H10Br2ClNO2. The van der Waals surface area contributed by atoms with Crippen LogP contribution in [0.4, 0.5) is 5.69 Å². The first-order valence-corrected chi connectivity index (χ1v) is 6.18. The van der Waals surface area contributed by atoms with Crippen LogP contribution in [0.2, 0.25) is 5.02 Å². The zero-order valence-corrected chi connectivity index (χ0v) is 11.6. The Kier molecular flexibility index (Phi) is 5.35. The van der Waals surface area contributed by atoms with Gasteiger partial charge in [0.2, 0.25) is 0 Å². The summed E-state index contributed by atoms with van der Waals surface area (Å²) in [6, 6.07) is 3.50. The lowest BCUT2D eigenvalue weighted by molar-refractivity contribution is 0.105. The largest absolute Gasteiger partial charge is 0.394 e. The molecule has 0 aliphatic heterocycles. The van der Waals surface area contributed by atoms with E-state index in [0.29, 0.717) is 5.02 Å². The van der Waals surface area contributed by atoms with Crippen molar-refractivity contribution >= 4 is 49.1 Å². The minimum atomic E-state index is -0.778. The molecule has 84 valence electrons. The van der Waals surface area contributed by atoms with Crippen molar-refractivity contribution in [2.24, 2.45) is 0 Å². The van der Waals surface area contributed by atoms with E-state index in [4.69, 9.17) is 16.7 Å².